The van der Waals surface area contributed by atoms with Crippen LogP contribution in [0.5, 0.6) is 0 Å². The lowest BCUT2D eigenvalue weighted by atomic mass is 9.92. The van der Waals surface area contributed by atoms with Gasteiger partial charge in [-0.05, 0) is 6.42 Å². The number of aliphatic hydroxyl groups is 8. The van der Waals surface area contributed by atoms with Gasteiger partial charge in [0.15, 0.2) is 18.9 Å². The second-order valence-corrected chi connectivity index (χ2v) is 22.7. The monoisotopic (exact) mass is 1370 g/mol. The minimum Gasteiger partial charge on any atom is -0.394 e. The molecule has 3 saturated heterocycles. The Balaban J connectivity index is 1.46. The van der Waals surface area contributed by atoms with Crippen molar-refractivity contribution in [2.24, 2.45) is 17.8 Å². The van der Waals surface area contributed by atoms with Crippen LogP contribution in [-0.4, -0.2) is 356 Å². The number of aliphatic hydroxyl groups excluding tert-OH is 8. The molecule has 0 aromatic heterocycles. The molecule has 0 spiro atoms. The Morgan fingerprint density at radius 3 is 1.06 bits per heavy atom. The van der Waals surface area contributed by atoms with Crippen molar-refractivity contribution in [1.29, 1.82) is 0 Å². The molecule has 3 aliphatic heterocycles. The maximum absolute atomic E-state index is 13.6. The predicted molar refractivity (Wildman–Crippen MR) is 326 cm³/mol. The summed E-state index contributed by atoms with van der Waals surface area (Å²) < 4.78 is 101. The second-order valence-electron chi connectivity index (χ2n) is 22.7. The van der Waals surface area contributed by atoms with Crippen molar-refractivity contribution in [3.05, 3.63) is 0 Å². The quantitative estimate of drug-likeness (QED) is 0.0253. The molecular weight excluding hydrogens is 1260 g/mol. The Labute approximate surface area is 550 Å². The van der Waals surface area contributed by atoms with Crippen LogP contribution in [0.3, 0.4) is 0 Å². The lowest BCUT2D eigenvalue weighted by Crippen LogP contribution is -2.59. The number of ether oxygens (including phenoxy) is 18. The summed E-state index contributed by atoms with van der Waals surface area (Å²) in [6.45, 7) is 8.17. The number of methoxy groups -OCH3 is 1. The van der Waals surface area contributed by atoms with E-state index in [4.69, 9.17) is 85.3 Å². The Bertz CT molecular complexity index is 1850. The molecule has 14 atom stereocenters. The highest BCUT2D eigenvalue weighted by molar-refractivity contribution is 5.77. The molecule has 0 aromatic carbocycles. The lowest BCUT2D eigenvalue weighted by molar-refractivity contribution is -0.284. The highest BCUT2D eigenvalue weighted by atomic mass is 16.7. The second kappa shape index (κ2) is 52.8. The van der Waals surface area contributed by atoms with Crippen molar-refractivity contribution in [3.8, 4) is 0 Å². The van der Waals surface area contributed by atoms with Gasteiger partial charge in [-0.2, -0.15) is 0 Å². The number of carbonyl (C=O) groups excluding carboxylic acids is 4. The van der Waals surface area contributed by atoms with Crippen molar-refractivity contribution in [2.45, 2.75) is 126 Å². The molecule has 3 rings (SSSR count). The zero-order chi connectivity index (χ0) is 68.6. The third kappa shape index (κ3) is 36.6. The van der Waals surface area contributed by atoms with E-state index < -0.39 is 104 Å². The van der Waals surface area contributed by atoms with E-state index >= 15 is 0 Å². The van der Waals surface area contributed by atoms with Crippen LogP contribution in [0.2, 0.25) is 0 Å². The van der Waals surface area contributed by atoms with Crippen LogP contribution in [-0.2, 0) is 104 Å². The van der Waals surface area contributed by atoms with Gasteiger partial charge in [0.05, 0.1) is 210 Å². The minimum atomic E-state index is -1.39. The van der Waals surface area contributed by atoms with Gasteiger partial charge in [-0.25, -0.2) is 0 Å². The first-order valence-electron chi connectivity index (χ1n) is 32.5. The van der Waals surface area contributed by atoms with E-state index in [2.05, 4.69) is 21.3 Å². The maximum Gasteiger partial charge on any atom is 0.222 e. The number of hydrogen-bond acceptors (Lipinski definition) is 30. The fourth-order valence-electron chi connectivity index (χ4n) is 9.44. The topological polar surface area (TPSA) is 444 Å². The molecule has 12 N–H and O–H groups in total. The molecule has 3 aliphatic rings. The minimum absolute atomic E-state index is 0.0434. The first-order chi connectivity index (χ1) is 45.5. The fraction of sp³-hybridized carbons (Fsp3) is 0.933. The summed E-state index contributed by atoms with van der Waals surface area (Å²) in [6, 6.07) is 0. The predicted octanol–water partition coefficient (Wildman–Crippen LogP) is -5.12. The van der Waals surface area contributed by atoms with E-state index in [0.29, 0.717) is 19.6 Å². The molecule has 3 heterocycles. The molecule has 94 heavy (non-hydrogen) atoms. The molecule has 14 unspecified atom stereocenters. The fourth-order valence-corrected chi connectivity index (χ4v) is 9.44. The lowest BCUT2D eigenvalue weighted by Gasteiger charge is -2.40. The van der Waals surface area contributed by atoms with Gasteiger partial charge in [-0.15, -0.1) is 0 Å². The SMILES string of the molecule is COCCOCCOCCC(=O)NC(COCCC(=O)NCCOCCOCCOC1OC(CO)C(O)CC1C)(COCCC(=O)NCCOCCOCCOC1OC(CO)C(O)C(O)C1C)COCCC(=O)NCCOCCOCCOC1OC(CO)C(O)C(O)C1C. The van der Waals surface area contributed by atoms with Gasteiger partial charge in [0.2, 0.25) is 23.6 Å². The van der Waals surface area contributed by atoms with Crippen molar-refractivity contribution in [1.82, 2.24) is 21.3 Å². The van der Waals surface area contributed by atoms with Crippen LogP contribution in [0, 0.1) is 17.8 Å². The molecule has 4 amide bonds. The van der Waals surface area contributed by atoms with Gasteiger partial charge >= 0.3 is 0 Å². The van der Waals surface area contributed by atoms with Gasteiger partial charge in [0.1, 0.15) is 36.1 Å². The zero-order valence-corrected chi connectivity index (χ0v) is 55.3. The molecule has 34 nitrogen and oxygen atoms in total. The largest absolute Gasteiger partial charge is 0.394 e. The molecule has 3 fully saturated rings. The Morgan fingerprint density at radius 1 is 0.383 bits per heavy atom. The van der Waals surface area contributed by atoms with Crippen LogP contribution in [0.15, 0.2) is 0 Å². The van der Waals surface area contributed by atoms with Gasteiger partial charge in [-0.1, -0.05) is 20.8 Å². The summed E-state index contributed by atoms with van der Waals surface area (Å²) in [4.78, 5) is 52.2. The highest BCUT2D eigenvalue weighted by Crippen LogP contribution is 2.29. The third-order valence-corrected chi connectivity index (χ3v) is 15.0. The van der Waals surface area contributed by atoms with Crippen molar-refractivity contribution in [2.75, 3.05) is 218 Å². The molecule has 552 valence electrons. The van der Waals surface area contributed by atoms with E-state index in [9.17, 15) is 60.0 Å². The summed E-state index contributed by atoms with van der Waals surface area (Å²) >= 11 is 0. The van der Waals surface area contributed by atoms with E-state index in [-0.39, 0.29) is 234 Å². The van der Waals surface area contributed by atoms with Crippen LogP contribution < -0.4 is 21.3 Å². The van der Waals surface area contributed by atoms with Crippen molar-refractivity contribution < 1.29 is 145 Å². The van der Waals surface area contributed by atoms with Gasteiger partial charge in [0, 0.05) is 70.2 Å². The molecule has 0 radical (unpaired) electrons. The molecule has 34 heteroatoms. The first kappa shape index (κ1) is 85.1. The first-order valence-corrected chi connectivity index (χ1v) is 32.5. The Hall–Kier alpha value is -3.16. The van der Waals surface area contributed by atoms with Crippen LogP contribution in [0.1, 0.15) is 52.9 Å². The number of carbonyl (C=O) groups is 4. The van der Waals surface area contributed by atoms with Gasteiger partial charge < -0.3 is 147 Å². The van der Waals surface area contributed by atoms with Crippen molar-refractivity contribution in [3.63, 3.8) is 0 Å². The van der Waals surface area contributed by atoms with E-state index in [0.717, 1.165) is 0 Å². The average molecular weight is 1370 g/mol. The van der Waals surface area contributed by atoms with Crippen LogP contribution in [0.25, 0.3) is 0 Å². The number of rotatable bonds is 58. The Kier molecular flexibility index (Phi) is 47.8. The molecule has 0 saturated carbocycles. The average Bonchev–Trinajstić information content (AvgIpc) is 0.847. The van der Waals surface area contributed by atoms with Crippen LogP contribution >= 0.6 is 0 Å². The summed E-state index contributed by atoms with van der Waals surface area (Å²) in [5.74, 6) is -2.58. The van der Waals surface area contributed by atoms with Crippen molar-refractivity contribution >= 4 is 23.6 Å². The summed E-state index contributed by atoms with van der Waals surface area (Å²) in [5.41, 5.74) is -1.39. The number of hydrogen-bond donors (Lipinski definition) is 12. The summed E-state index contributed by atoms with van der Waals surface area (Å²) in [6.07, 6.45) is -10.1. The van der Waals surface area contributed by atoms with Gasteiger partial charge in [0.25, 0.3) is 0 Å². The van der Waals surface area contributed by atoms with Gasteiger partial charge in [-0.3, -0.25) is 19.2 Å². The number of nitrogens with one attached hydrogen (secondary N) is 4. The Morgan fingerprint density at radius 2 is 0.691 bits per heavy atom. The molecular formula is C60H112N4O30. The normalized spacial score (nSPS) is 26.2. The summed E-state index contributed by atoms with van der Waals surface area (Å²) in [5, 5.41) is 90.1. The maximum atomic E-state index is 13.6. The molecule has 0 aliphatic carbocycles. The van der Waals surface area contributed by atoms with E-state index in [1.807, 2.05) is 6.92 Å². The molecule has 0 aromatic rings. The van der Waals surface area contributed by atoms with E-state index in [1.165, 1.54) is 0 Å². The highest BCUT2D eigenvalue weighted by Gasteiger charge is 2.44. The summed E-state index contributed by atoms with van der Waals surface area (Å²) in [7, 11) is 1.56. The van der Waals surface area contributed by atoms with Crippen LogP contribution in [0.4, 0.5) is 0 Å². The third-order valence-electron chi connectivity index (χ3n) is 15.0. The standard InChI is InChI=1S/C60H112N4O30/c1-42-35-45(68)46(36-65)92-57(42)89-32-29-83-26-22-79-16-9-61-49(69)5-13-86-39-60(64-52(72)8-12-78-21-25-82-20-19-77-4,40-87-14-6-50(70)62-10-17-80-23-27-84-30-33-90-58-43(2)53(73)55(75)47(37-66)93-58)41-88-15-7-51(71)63-11-18-81-24-28-85-31-34-91-59-44(3)54(74)56(76)48(38-67)94-59/h42-48,53-59,65-68,73-76H,5-41H2,1-4H3,(H,61,69)(H,62,70)(H,63,71)(H,64,72). The number of amides is 4. The molecule has 0 bridgehead atoms. The van der Waals surface area contributed by atoms with E-state index in [1.54, 1.807) is 21.0 Å². The zero-order valence-electron chi connectivity index (χ0n) is 55.3. The smallest absolute Gasteiger partial charge is 0.222 e.